The van der Waals surface area contributed by atoms with Gasteiger partial charge in [0.15, 0.2) is 0 Å². The molecule has 35 heavy (non-hydrogen) atoms. The van der Waals surface area contributed by atoms with Gasteiger partial charge in [0.05, 0.1) is 22.6 Å². The third kappa shape index (κ3) is 5.44. The maximum absolute atomic E-state index is 12.7. The van der Waals surface area contributed by atoms with Crippen LogP contribution in [0.4, 0.5) is 4.79 Å². The van der Waals surface area contributed by atoms with Gasteiger partial charge in [-0.2, -0.15) is 0 Å². The molecule has 2 aromatic carbocycles. The Kier molecular flexibility index (Phi) is 6.74. The van der Waals surface area contributed by atoms with Gasteiger partial charge in [0.1, 0.15) is 23.9 Å². The number of hydrogen-bond acceptors (Lipinski definition) is 7. The summed E-state index contributed by atoms with van der Waals surface area (Å²) in [5.74, 6) is -1.92. The summed E-state index contributed by atoms with van der Waals surface area (Å²) in [6, 6.07) is 14.1. The van der Waals surface area contributed by atoms with E-state index < -0.39 is 23.1 Å². The molecule has 0 radical (unpaired) electrons. The number of carboxylic acids is 2. The minimum Gasteiger partial charge on any atom is -0.492 e. The molecule has 1 saturated heterocycles. The van der Waals surface area contributed by atoms with E-state index in [-0.39, 0.29) is 46.3 Å². The molecule has 0 aliphatic carbocycles. The van der Waals surface area contributed by atoms with Crippen molar-refractivity contribution in [2.75, 3.05) is 13.2 Å². The molecule has 0 saturated carbocycles. The van der Waals surface area contributed by atoms with Gasteiger partial charge >= 0.3 is 11.9 Å². The first-order valence-corrected chi connectivity index (χ1v) is 11.2. The van der Waals surface area contributed by atoms with E-state index in [1.54, 1.807) is 6.07 Å². The minimum absolute atomic E-state index is 0.0826. The molecule has 1 aromatic heterocycles. The molecule has 1 fully saturated rings. The predicted octanol–water partition coefficient (Wildman–Crippen LogP) is 4.77. The zero-order valence-corrected chi connectivity index (χ0v) is 19.2. The number of carbonyl (C=O) groups excluding carboxylic acids is 2. The number of thioether (sulfide) groups is 1. The Labute approximate surface area is 203 Å². The highest BCUT2D eigenvalue weighted by atomic mass is 32.2. The van der Waals surface area contributed by atoms with Crippen LogP contribution in [0.1, 0.15) is 32.0 Å². The number of nitrogens with zero attached hydrogens (tertiary/aromatic N) is 1. The Morgan fingerprint density at radius 3 is 2.40 bits per heavy atom. The molecule has 178 valence electrons. The number of benzene rings is 2. The van der Waals surface area contributed by atoms with E-state index in [2.05, 4.69) is 0 Å². The average molecular weight is 493 g/mol. The highest BCUT2D eigenvalue weighted by molar-refractivity contribution is 8.18. The second-order valence-electron chi connectivity index (χ2n) is 7.61. The highest BCUT2D eigenvalue weighted by Crippen LogP contribution is 2.33. The van der Waals surface area contributed by atoms with E-state index in [4.69, 9.17) is 9.15 Å². The number of carbonyl (C=O) groups is 4. The molecular formula is C25H19NO8S. The highest BCUT2D eigenvalue weighted by Gasteiger charge is 2.35. The summed E-state index contributed by atoms with van der Waals surface area (Å²) in [4.78, 5) is 49.0. The number of ether oxygens (including phenoxy) is 1. The monoisotopic (exact) mass is 493 g/mol. The van der Waals surface area contributed by atoms with Crippen molar-refractivity contribution in [1.29, 1.82) is 0 Å². The molecule has 0 unspecified atom stereocenters. The van der Waals surface area contributed by atoms with Crippen LogP contribution >= 0.6 is 11.8 Å². The smallest absolute Gasteiger partial charge is 0.335 e. The fourth-order valence-electron chi connectivity index (χ4n) is 3.38. The van der Waals surface area contributed by atoms with Gasteiger partial charge in [-0.3, -0.25) is 14.5 Å². The van der Waals surface area contributed by atoms with Gasteiger partial charge in [-0.15, -0.1) is 0 Å². The molecular weight excluding hydrogens is 474 g/mol. The number of rotatable bonds is 8. The Balaban J connectivity index is 1.48. The van der Waals surface area contributed by atoms with Gasteiger partial charge in [0.25, 0.3) is 11.1 Å². The van der Waals surface area contributed by atoms with Crippen molar-refractivity contribution < 1.29 is 38.5 Å². The molecule has 4 rings (SSSR count). The lowest BCUT2D eigenvalue weighted by atomic mass is 10.0. The number of aryl methyl sites for hydroxylation is 1. The van der Waals surface area contributed by atoms with Crippen molar-refractivity contribution in [2.24, 2.45) is 0 Å². The van der Waals surface area contributed by atoms with Crippen molar-refractivity contribution >= 4 is 40.9 Å². The first-order chi connectivity index (χ1) is 16.7. The fraction of sp³-hybridized carbons (Fsp3) is 0.120. The Morgan fingerprint density at radius 1 is 1.03 bits per heavy atom. The largest absolute Gasteiger partial charge is 0.492 e. The van der Waals surface area contributed by atoms with Crippen LogP contribution in [0.15, 0.2) is 63.9 Å². The zero-order chi connectivity index (χ0) is 25.1. The fourth-order valence-corrected chi connectivity index (χ4v) is 4.23. The van der Waals surface area contributed by atoms with Crippen molar-refractivity contribution in [3.63, 3.8) is 0 Å². The second kappa shape index (κ2) is 9.90. The molecule has 0 bridgehead atoms. The summed E-state index contributed by atoms with van der Waals surface area (Å²) < 4.78 is 11.3. The standard InChI is InChI=1S/C25H19NO8S/c1-14-3-2-4-18(9-14)33-8-7-26-22(27)21(35-25(26)32)13-19-5-6-20(34-19)15-10-16(23(28)29)12-17(11-15)24(30)31/h2-6,9-13H,7-8H2,1H3,(H,28,29)(H,30,31)/b21-13-. The molecule has 3 aromatic rings. The summed E-state index contributed by atoms with van der Waals surface area (Å²) in [7, 11) is 0. The topological polar surface area (TPSA) is 134 Å². The van der Waals surface area contributed by atoms with E-state index >= 15 is 0 Å². The van der Waals surface area contributed by atoms with E-state index in [1.807, 2.05) is 25.1 Å². The first-order valence-electron chi connectivity index (χ1n) is 10.4. The maximum Gasteiger partial charge on any atom is 0.335 e. The van der Waals surface area contributed by atoms with Crippen LogP contribution in [0.3, 0.4) is 0 Å². The van der Waals surface area contributed by atoms with Crippen LogP contribution in [0.5, 0.6) is 5.75 Å². The summed E-state index contributed by atoms with van der Waals surface area (Å²) in [5.41, 5.74) is 0.880. The Bertz CT molecular complexity index is 1340. The molecule has 0 atom stereocenters. The minimum atomic E-state index is -1.28. The molecule has 2 amide bonds. The number of carboxylic acid groups (broad SMARTS) is 2. The molecule has 1 aliphatic heterocycles. The van der Waals surface area contributed by atoms with Crippen molar-refractivity contribution in [1.82, 2.24) is 4.90 Å². The van der Waals surface area contributed by atoms with Crippen molar-refractivity contribution in [2.45, 2.75) is 6.92 Å². The van der Waals surface area contributed by atoms with E-state index in [1.165, 1.54) is 30.3 Å². The first kappa shape index (κ1) is 23.8. The van der Waals surface area contributed by atoms with Gasteiger partial charge < -0.3 is 19.4 Å². The van der Waals surface area contributed by atoms with Crippen LogP contribution in [-0.4, -0.2) is 51.3 Å². The number of furan rings is 1. The lowest BCUT2D eigenvalue weighted by Gasteiger charge is -2.13. The van der Waals surface area contributed by atoms with Gasteiger partial charge in [0, 0.05) is 11.6 Å². The lowest BCUT2D eigenvalue weighted by molar-refractivity contribution is -0.123. The maximum atomic E-state index is 12.7. The SMILES string of the molecule is Cc1cccc(OCCN2C(=O)S/C(=C\c3ccc(-c4cc(C(=O)O)cc(C(=O)O)c4)o3)C2=O)c1. The van der Waals surface area contributed by atoms with Crippen LogP contribution in [0, 0.1) is 6.92 Å². The van der Waals surface area contributed by atoms with Crippen LogP contribution < -0.4 is 4.74 Å². The predicted molar refractivity (Wildman–Crippen MR) is 127 cm³/mol. The number of hydrogen-bond donors (Lipinski definition) is 2. The summed E-state index contributed by atoms with van der Waals surface area (Å²) in [6.07, 6.45) is 1.41. The van der Waals surface area contributed by atoms with Gasteiger partial charge in [-0.05, 0) is 66.7 Å². The van der Waals surface area contributed by atoms with Crippen LogP contribution in [0.25, 0.3) is 17.4 Å². The van der Waals surface area contributed by atoms with Crippen molar-refractivity contribution in [3.05, 3.63) is 82.0 Å². The zero-order valence-electron chi connectivity index (χ0n) is 18.4. The lowest BCUT2D eigenvalue weighted by Crippen LogP contribution is -2.32. The Hall–Kier alpha value is -4.31. The van der Waals surface area contributed by atoms with Gasteiger partial charge in [0.2, 0.25) is 0 Å². The molecule has 2 heterocycles. The van der Waals surface area contributed by atoms with Crippen LogP contribution in [-0.2, 0) is 4.79 Å². The summed E-state index contributed by atoms with van der Waals surface area (Å²) >= 11 is 0.771. The summed E-state index contributed by atoms with van der Waals surface area (Å²) in [6.45, 7) is 2.16. The average Bonchev–Trinajstić information content (AvgIpc) is 3.39. The number of imide groups is 1. The molecule has 0 spiro atoms. The van der Waals surface area contributed by atoms with Gasteiger partial charge in [-0.1, -0.05) is 12.1 Å². The number of aromatic carboxylic acids is 2. The van der Waals surface area contributed by atoms with E-state index in [0.29, 0.717) is 5.75 Å². The van der Waals surface area contributed by atoms with Crippen molar-refractivity contribution in [3.8, 4) is 17.1 Å². The molecule has 2 N–H and O–H groups in total. The van der Waals surface area contributed by atoms with E-state index in [9.17, 15) is 29.4 Å². The van der Waals surface area contributed by atoms with Crippen LogP contribution in [0.2, 0.25) is 0 Å². The molecule has 9 nitrogen and oxygen atoms in total. The Morgan fingerprint density at radius 2 is 1.74 bits per heavy atom. The third-order valence-electron chi connectivity index (χ3n) is 5.06. The van der Waals surface area contributed by atoms with Gasteiger partial charge in [-0.25, -0.2) is 9.59 Å². The number of amides is 2. The normalized spacial score (nSPS) is 14.5. The third-order valence-corrected chi connectivity index (χ3v) is 5.97. The second-order valence-corrected chi connectivity index (χ2v) is 8.60. The molecule has 10 heteroatoms. The van der Waals surface area contributed by atoms with E-state index in [0.717, 1.165) is 28.3 Å². The molecule has 1 aliphatic rings. The quantitative estimate of drug-likeness (QED) is 0.426. The summed E-state index contributed by atoms with van der Waals surface area (Å²) in [5, 5.41) is 18.1.